The molecule has 0 aromatic heterocycles. The number of rotatable bonds is 3. The van der Waals surface area contributed by atoms with Crippen LogP contribution in [0.1, 0.15) is 22.8 Å². The molecular weight excluding hydrogens is 359 g/mol. The molecule has 21 heavy (non-hydrogen) atoms. The highest BCUT2D eigenvalue weighted by Gasteiger charge is 2.21. The smallest absolute Gasteiger partial charge is 0.126 e. The third-order valence-electron chi connectivity index (χ3n) is 3.56. The molecular formula is C16H13BrClFO2. The van der Waals surface area contributed by atoms with Gasteiger partial charge in [0.05, 0.1) is 12.7 Å². The van der Waals surface area contributed by atoms with E-state index in [1.54, 1.807) is 6.07 Å². The number of hydrogen-bond acceptors (Lipinski definition) is 2. The van der Waals surface area contributed by atoms with Gasteiger partial charge in [0.1, 0.15) is 11.6 Å². The van der Waals surface area contributed by atoms with Crippen LogP contribution in [-0.4, -0.2) is 11.7 Å². The summed E-state index contributed by atoms with van der Waals surface area (Å²) < 4.78 is 19.3. The fraction of sp³-hybridized carbons (Fsp3) is 0.250. The molecule has 110 valence electrons. The lowest BCUT2D eigenvalue weighted by Crippen LogP contribution is -2.04. The topological polar surface area (TPSA) is 29.5 Å². The molecule has 2 aromatic rings. The second-order valence-corrected chi connectivity index (χ2v) is 6.33. The van der Waals surface area contributed by atoms with Crippen LogP contribution in [0.3, 0.4) is 0 Å². The zero-order valence-electron chi connectivity index (χ0n) is 11.1. The van der Waals surface area contributed by atoms with Crippen molar-refractivity contribution in [3.63, 3.8) is 0 Å². The molecule has 1 heterocycles. The molecule has 1 atom stereocenters. The monoisotopic (exact) mass is 370 g/mol. The molecule has 1 aliphatic heterocycles. The second-order valence-electron chi connectivity index (χ2n) is 5.04. The predicted octanol–water partition coefficient (Wildman–Crippen LogP) is 4.45. The Morgan fingerprint density at radius 3 is 2.90 bits per heavy atom. The van der Waals surface area contributed by atoms with Crippen molar-refractivity contribution >= 4 is 27.5 Å². The molecule has 1 unspecified atom stereocenters. The Hall–Kier alpha value is -1.10. The molecule has 0 fully saturated rings. The van der Waals surface area contributed by atoms with Crippen molar-refractivity contribution in [2.45, 2.75) is 18.9 Å². The number of fused-ring (bicyclic) bond motifs is 1. The zero-order chi connectivity index (χ0) is 15.0. The van der Waals surface area contributed by atoms with Gasteiger partial charge in [0.2, 0.25) is 0 Å². The van der Waals surface area contributed by atoms with Gasteiger partial charge in [-0.1, -0.05) is 33.6 Å². The van der Waals surface area contributed by atoms with Crippen LogP contribution >= 0.6 is 27.5 Å². The highest BCUT2D eigenvalue weighted by molar-refractivity contribution is 9.10. The molecule has 5 heteroatoms. The van der Waals surface area contributed by atoms with E-state index < -0.39 is 6.10 Å². The normalized spacial score (nSPS) is 14.7. The summed E-state index contributed by atoms with van der Waals surface area (Å²) in [4.78, 5) is 0. The number of aliphatic hydroxyl groups excluding tert-OH is 1. The first kappa shape index (κ1) is 14.8. The summed E-state index contributed by atoms with van der Waals surface area (Å²) in [7, 11) is 0. The fourth-order valence-corrected chi connectivity index (χ4v) is 3.47. The van der Waals surface area contributed by atoms with Crippen molar-refractivity contribution in [3.05, 3.63) is 62.3 Å². The standard InChI is InChI=1S/C16H13BrClFO2/c17-14-8-12(19)1-2-13(14)15(20)7-10-6-11(18)5-9-3-4-21-16(9)10/h1-2,5-6,8,15,20H,3-4,7H2. The SMILES string of the molecule is OC(Cc1cc(Cl)cc2c1OCC2)c1ccc(F)cc1Br. The molecule has 2 aromatic carbocycles. The first-order valence-corrected chi connectivity index (χ1v) is 7.79. The van der Waals surface area contributed by atoms with Gasteiger partial charge in [-0.25, -0.2) is 4.39 Å². The van der Waals surface area contributed by atoms with Gasteiger partial charge in [-0.05, 0) is 41.0 Å². The minimum atomic E-state index is -0.758. The van der Waals surface area contributed by atoms with E-state index in [4.69, 9.17) is 16.3 Å². The van der Waals surface area contributed by atoms with E-state index in [0.29, 0.717) is 28.1 Å². The molecule has 0 amide bonds. The van der Waals surface area contributed by atoms with Gasteiger partial charge >= 0.3 is 0 Å². The summed E-state index contributed by atoms with van der Waals surface area (Å²) in [6, 6.07) is 7.97. The average Bonchev–Trinajstić information content (AvgIpc) is 2.86. The lowest BCUT2D eigenvalue weighted by atomic mass is 9.98. The Labute approximate surface area is 135 Å². The molecule has 0 saturated heterocycles. The van der Waals surface area contributed by atoms with Gasteiger partial charge < -0.3 is 9.84 Å². The predicted molar refractivity (Wildman–Crippen MR) is 83.4 cm³/mol. The summed E-state index contributed by atoms with van der Waals surface area (Å²) in [6.07, 6.45) is 0.443. The third-order valence-corrected chi connectivity index (χ3v) is 4.47. The van der Waals surface area contributed by atoms with E-state index in [-0.39, 0.29) is 5.82 Å². The minimum Gasteiger partial charge on any atom is -0.493 e. The molecule has 1 aliphatic rings. The maximum Gasteiger partial charge on any atom is 0.126 e. The van der Waals surface area contributed by atoms with Crippen molar-refractivity contribution in [1.29, 1.82) is 0 Å². The maximum absolute atomic E-state index is 13.1. The summed E-state index contributed by atoms with van der Waals surface area (Å²) in [5.41, 5.74) is 2.59. The van der Waals surface area contributed by atoms with Crippen molar-refractivity contribution < 1.29 is 14.2 Å². The summed E-state index contributed by atoms with van der Waals surface area (Å²) in [5, 5.41) is 11.1. The van der Waals surface area contributed by atoms with Crippen LogP contribution in [0.4, 0.5) is 4.39 Å². The highest BCUT2D eigenvalue weighted by atomic mass is 79.9. The van der Waals surface area contributed by atoms with Gasteiger partial charge in [0, 0.05) is 22.3 Å². The number of hydrogen-bond donors (Lipinski definition) is 1. The van der Waals surface area contributed by atoms with Crippen LogP contribution in [-0.2, 0) is 12.8 Å². The number of halogens is 3. The van der Waals surface area contributed by atoms with Crippen LogP contribution in [0, 0.1) is 5.82 Å². The molecule has 2 nitrogen and oxygen atoms in total. The molecule has 0 spiro atoms. The van der Waals surface area contributed by atoms with Gasteiger partial charge in [-0.15, -0.1) is 0 Å². The molecule has 0 saturated carbocycles. The number of aliphatic hydroxyl groups is 1. The van der Waals surface area contributed by atoms with Gasteiger partial charge in [-0.3, -0.25) is 0 Å². The van der Waals surface area contributed by atoms with Crippen LogP contribution in [0.5, 0.6) is 5.75 Å². The lowest BCUT2D eigenvalue weighted by molar-refractivity contribution is 0.176. The number of ether oxygens (including phenoxy) is 1. The molecule has 3 rings (SSSR count). The van der Waals surface area contributed by atoms with Crippen molar-refractivity contribution in [2.75, 3.05) is 6.61 Å². The minimum absolute atomic E-state index is 0.343. The van der Waals surface area contributed by atoms with Crippen LogP contribution in [0.15, 0.2) is 34.8 Å². The molecule has 0 aliphatic carbocycles. The van der Waals surface area contributed by atoms with Crippen molar-refractivity contribution in [2.24, 2.45) is 0 Å². The van der Waals surface area contributed by atoms with E-state index in [9.17, 15) is 9.50 Å². The number of benzene rings is 2. The Bertz CT molecular complexity index is 690. The van der Waals surface area contributed by atoms with Crippen molar-refractivity contribution in [3.8, 4) is 5.75 Å². The van der Waals surface area contributed by atoms with Crippen LogP contribution < -0.4 is 4.74 Å². The average molecular weight is 372 g/mol. The lowest BCUT2D eigenvalue weighted by Gasteiger charge is -2.15. The van der Waals surface area contributed by atoms with Crippen LogP contribution in [0.25, 0.3) is 0 Å². The van der Waals surface area contributed by atoms with E-state index in [2.05, 4.69) is 15.9 Å². The Balaban J connectivity index is 1.90. The first-order valence-electron chi connectivity index (χ1n) is 6.61. The Morgan fingerprint density at radius 2 is 2.14 bits per heavy atom. The van der Waals surface area contributed by atoms with E-state index in [1.165, 1.54) is 12.1 Å². The third kappa shape index (κ3) is 3.07. The summed E-state index contributed by atoms with van der Waals surface area (Å²) in [5.74, 6) is 0.474. The highest BCUT2D eigenvalue weighted by Crippen LogP contribution is 2.36. The molecule has 1 N–H and O–H groups in total. The van der Waals surface area contributed by atoms with Gasteiger partial charge in [0.15, 0.2) is 0 Å². The van der Waals surface area contributed by atoms with Crippen molar-refractivity contribution in [1.82, 2.24) is 0 Å². The van der Waals surface area contributed by atoms with E-state index >= 15 is 0 Å². The van der Waals surface area contributed by atoms with E-state index in [0.717, 1.165) is 23.3 Å². The fourth-order valence-electron chi connectivity index (χ4n) is 2.59. The summed E-state index contributed by atoms with van der Waals surface area (Å²) >= 11 is 9.39. The maximum atomic E-state index is 13.1. The molecule has 0 bridgehead atoms. The van der Waals surface area contributed by atoms with Crippen LogP contribution in [0.2, 0.25) is 5.02 Å². The zero-order valence-corrected chi connectivity index (χ0v) is 13.4. The van der Waals surface area contributed by atoms with E-state index in [1.807, 2.05) is 12.1 Å². The van der Waals surface area contributed by atoms with Gasteiger partial charge in [0.25, 0.3) is 0 Å². The first-order chi connectivity index (χ1) is 10.0. The Morgan fingerprint density at radius 1 is 1.33 bits per heavy atom. The Kier molecular flexibility index (Phi) is 4.20. The molecule has 0 radical (unpaired) electrons. The van der Waals surface area contributed by atoms with Gasteiger partial charge in [-0.2, -0.15) is 0 Å². The second kappa shape index (κ2) is 5.95. The summed E-state index contributed by atoms with van der Waals surface area (Å²) in [6.45, 7) is 0.638. The quantitative estimate of drug-likeness (QED) is 0.863. The largest absolute Gasteiger partial charge is 0.493 e.